The smallest absolute Gasteiger partial charge is 0.340 e. The Morgan fingerprint density at radius 2 is 2.08 bits per heavy atom. The van der Waals surface area contributed by atoms with Gasteiger partial charge in [-0.3, -0.25) is 0 Å². The van der Waals surface area contributed by atoms with E-state index in [1.807, 2.05) is 0 Å². The molecule has 3 nitrogen and oxygen atoms in total. The first kappa shape index (κ1) is 8.05. The second kappa shape index (κ2) is 2.73. The van der Waals surface area contributed by atoms with Crippen LogP contribution in [0.1, 0.15) is 32.1 Å². The van der Waals surface area contributed by atoms with Gasteiger partial charge in [0, 0.05) is 7.11 Å². The lowest BCUT2D eigenvalue weighted by atomic mass is 9.77. The molecule has 1 spiro atoms. The fraction of sp³-hybridized carbons (Fsp3) is 0.889. The number of ether oxygens (including phenoxy) is 2. The van der Waals surface area contributed by atoms with Gasteiger partial charge in [0.2, 0.25) is 0 Å². The number of hydrogen-bond acceptors (Lipinski definition) is 3. The molecule has 0 aromatic heterocycles. The second-order valence-corrected chi connectivity index (χ2v) is 3.66. The van der Waals surface area contributed by atoms with Gasteiger partial charge in [-0.1, -0.05) is 6.42 Å². The lowest BCUT2D eigenvalue weighted by Crippen LogP contribution is -2.63. The molecule has 1 unspecified atom stereocenters. The van der Waals surface area contributed by atoms with Gasteiger partial charge < -0.3 is 9.47 Å². The van der Waals surface area contributed by atoms with Crippen LogP contribution in [0.25, 0.3) is 0 Å². The monoisotopic (exact) mass is 170 g/mol. The number of carbonyl (C=O) groups excluding carboxylic acids is 1. The second-order valence-electron chi connectivity index (χ2n) is 3.66. The van der Waals surface area contributed by atoms with Gasteiger partial charge in [-0.25, -0.2) is 4.79 Å². The number of rotatable bonds is 1. The van der Waals surface area contributed by atoms with E-state index in [1.54, 1.807) is 7.11 Å². The van der Waals surface area contributed by atoms with Gasteiger partial charge in [-0.05, 0) is 25.7 Å². The molecule has 68 valence electrons. The van der Waals surface area contributed by atoms with Crippen LogP contribution >= 0.6 is 0 Å². The molecule has 1 heterocycles. The average Bonchev–Trinajstić information content (AvgIpc) is 2.06. The number of methoxy groups -OCH3 is 1. The van der Waals surface area contributed by atoms with Gasteiger partial charge in [0.15, 0.2) is 6.10 Å². The molecule has 1 atom stereocenters. The fourth-order valence-electron chi connectivity index (χ4n) is 2.29. The van der Waals surface area contributed by atoms with Crippen molar-refractivity contribution in [2.45, 2.75) is 43.8 Å². The predicted molar refractivity (Wildman–Crippen MR) is 42.7 cm³/mol. The fourth-order valence-corrected chi connectivity index (χ4v) is 2.29. The highest BCUT2D eigenvalue weighted by atomic mass is 16.6. The van der Waals surface area contributed by atoms with Crippen molar-refractivity contribution in [2.75, 3.05) is 7.11 Å². The third-order valence-corrected chi connectivity index (χ3v) is 2.93. The van der Waals surface area contributed by atoms with Crippen LogP contribution < -0.4 is 0 Å². The van der Waals surface area contributed by atoms with Crippen molar-refractivity contribution in [3.63, 3.8) is 0 Å². The summed E-state index contributed by atoms with van der Waals surface area (Å²) >= 11 is 0. The van der Waals surface area contributed by atoms with Crippen LogP contribution in [0.2, 0.25) is 0 Å². The summed E-state index contributed by atoms with van der Waals surface area (Å²) < 4.78 is 10.3. The molecular weight excluding hydrogens is 156 g/mol. The predicted octanol–water partition coefficient (Wildman–Crippen LogP) is 1.26. The first-order chi connectivity index (χ1) is 5.78. The van der Waals surface area contributed by atoms with Crippen LogP contribution in [0.5, 0.6) is 0 Å². The first-order valence-corrected chi connectivity index (χ1v) is 4.54. The molecule has 0 bridgehead atoms. The Hall–Kier alpha value is -0.570. The molecule has 1 aliphatic heterocycles. The molecule has 2 fully saturated rings. The van der Waals surface area contributed by atoms with E-state index in [0.29, 0.717) is 0 Å². The number of hydrogen-bond donors (Lipinski definition) is 0. The minimum Gasteiger partial charge on any atom is -0.454 e. The van der Waals surface area contributed by atoms with E-state index in [0.717, 1.165) is 25.7 Å². The van der Waals surface area contributed by atoms with E-state index in [4.69, 9.17) is 9.47 Å². The molecule has 0 aromatic rings. The summed E-state index contributed by atoms with van der Waals surface area (Å²) in [5.41, 5.74) is -0.232. The van der Waals surface area contributed by atoms with Crippen LogP contribution in [-0.2, 0) is 14.3 Å². The molecule has 0 amide bonds. The Labute approximate surface area is 72.0 Å². The van der Waals surface area contributed by atoms with Gasteiger partial charge in [-0.15, -0.1) is 0 Å². The molecule has 1 aliphatic carbocycles. The van der Waals surface area contributed by atoms with Crippen molar-refractivity contribution in [3.8, 4) is 0 Å². The maximum atomic E-state index is 11.0. The lowest BCUT2D eigenvalue weighted by Gasteiger charge is -2.48. The van der Waals surface area contributed by atoms with E-state index in [1.165, 1.54) is 6.42 Å². The highest BCUT2D eigenvalue weighted by Crippen LogP contribution is 2.42. The highest BCUT2D eigenvalue weighted by molar-refractivity contribution is 5.82. The molecule has 0 aromatic carbocycles. The van der Waals surface area contributed by atoms with E-state index in [2.05, 4.69) is 0 Å². The van der Waals surface area contributed by atoms with Crippen molar-refractivity contribution in [1.82, 2.24) is 0 Å². The van der Waals surface area contributed by atoms with Crippen molar-refractivity contribution < 1.29 is 14.3 Å². The zero-order valence-corrected chi connectivity index (χ0v) is 7.34. The molecule has 1 saturated carbocycles. The molecule has 2 aliphatic rings. The first-order valence-electron chi connectivity index (χ1n) is 4.54. The summed E-state index contributed by atoms with van der Waals surface area (Å²) in [6, 6.07) is 0. The van der Waals surface area contributed by atoms with Crippen molar-refractivity contribution in [3.05, 3.63) is 0 Å². The standard InChI is InChI=1S/C9H14O3/c1-11-7-8(10)12-9(7)5-3-2-4-6-9/h7H,2-6H2,1H3. The Morgan fingerprint density at radius 3 is 2.58 bits per heavy atom. The Balaban J connectivity index is 2.06. The van der Waals surface area contributed by atoms with Gasteiger partial charge in [0.1, 0.15) is 5.60 Å². The van der Waals surface area contributed by atoms with Crippen LogP contribution in [-0.4, -0.2) is 24.8 Å². The van der Waals surface area contributed by atoms with Crippen LogP contribution in [0.3, 0.4) is 0 Å². The molecule has 2 rings (SSSR count). The summed E-state index contributed by atoms with van der Waals surface area (Å²) in [7, 11) is 1.58. The largest absolute Gasteiger partial charge is 0.454 e. The third-order valence-electron chi connectivity index (χ3n) is 2.93. The van der Waals surface area contributed by atoms with Crippen molar-refractivity contribution in [2.24, 2.45) is 0 Å². The molecular formula is C9H14O3. The summed E-state index contributed by atoms with van der Waals surface area (Å²) in [6.07, 6.45) is 5.27. The Bertz CT molecular complexity index is 194. The lowest BCUT2D eigenvalue weighted by molar-refractivity contribution is -0.242. The highest BCUT2D eigenvalue weighted by Gasteiger charge is 2.57. The van der Waals surface area contributed by atoms with Gasteiger partial charge in [0.05, 0.1) is 0 Å². The summed E-state index contributed by atoms with van der Waals surface area (Å²) in [4.78, 5) is 11.0. The Kier molecular flexibility index (Phi) is 1.83. The molecule has 0 radical (unpaired) electrons. The van der Waals surface area contributed by atoms with Gasteiger partial charge >= 0.3 is 5.97 Å². The summed E-state index contributed by atoms with van der Waals surface area (Å²) in [6.45, 7) is 0. The molecule has 12 heavy (non-hydrogen) atoms. The Morgan fingerprint density at radius 1 is 1.42 bits per heavy atom. The van der Waals surface area contributed by atoms with E-state index >= 15 is 0 Å². The van der Waals surface area contributed by atoms with E-state index in [9.17, 15) is 4.79 Å². The maximum Gasteiger partial charge on any atom is 0.340 e. The minimum absolute atomic E-state index is 0.181. The van der Waals surface area contributed by atoms with Crippen LogP contribution in [0.4, 0.5) is 0 Å². The molecule has 0 N–H and O–H groups in total. The van der Waals surface area contributed by atoms with Crippen LogP contribution in [0.15, 0.2) is 0 Å². The molecule has 3 heteroatoms. The van der Waals surface area contributed by atoms with Gasteiger partial charge in [0.25, 0.3) is 0 Å². The third kappa shape index (κ3) is 0.959. The zero-order valence-electron chi connectivity index (χ0n) is 7.34. The SMILES string of the molecule is COC1C(=O)OC12CCCCC2. The average molecular weight is 170 g/mol. The van der Waals surface area contributed by atoms with Crippen molar-refractivity contribution >= 4 is 5.97 Å². The summed E-state index contributed by atoms with van der Waals surface area (Å²) in [5.74, 6) is -0.181. The normalized spacial score (nSPS) is 32.8. The van der Waals surface area contributed by atoms with Crippen molar-refractivity contribution in [1.29, 1.82) is 0 Å². The maximum absolute atomic E-state index is 11.0. The number of carbonyl (C=O) groups is 1. The van der Waals surface area contributed by atoms with Gasteiger partial charge in [-0.2, -0.15) is 0 Å². The van der Waals surface area contributed by atoms with E-state index < -0.39 is 0 Å². The minimum atomic E-state index is -0.280. The summed E-state index contributed by atoms with van der Waals surface area (Å²) in [5, 5.41) is 0. The van der Waals surface area contributed by atoms with Crippen LogP contribution in [0, 0.1) is 0 Å². The molecule has 1 saturated heterocycles. The topological polar surface area (TPSA) is 35.5 Å². The van der Waals surface area contributed by atoms with E-state index in [-0.39, 0.29) is 17.7 Å². The number of esters is 1. The quantitative estimate of drug-likeness (QED) is 0.556. The zero-order chi connectivity index (χ0) is 8.60.